The molecule has 1 aliphatic rings. The predicted octanol–water partition coefficient (Wildman–Crippen LogP) is 3.58. The summed E-state index contributed by atoms with van der Waals surface area (Å²) in [6, 6.07) is 7.50. The number of carbonyl (C=O) groups is 1. The lowest BCUT2D eigenvalue weighted by Crippen LogP contribution is -2.09. The van der Waals surface area contributed by atoms with E-state index >= 15 is 0 Å². The van der Waals surface area contributed by atoms with Gasteiger partial charge in [-0.05, 0) is 31.9 Å². The summed E-state index contributed by atoms with van der Waals surface area (Å²) >= 11 is 6.23. The van der Waals surface area contributed by atoms with Crippen LogP contribution in [0.5, 0.6) is 0 Å². The van der Waals surface area contributed by atoms with Crippen LogP contribution >= 0.6 is 11.6 Å². The van der Waals surface area contributed by atoms with E-state index in [1.165, 1.54) is 0 Å². The molecular formula is C15H15ClN2O2. The first-order chi connectivity index (χ1) is 9.72. The third kappa shape index (κ3) is 2.31. The van der Waals surface area contributed by atoms with E-state index in [9.17, 15) is 4.79 Å². The van der Waals surface area contributed by atoms with E-state index in [0.717, 1.165) is 24.2 Å². The Hall–Kier alpha value is -1.81. The van der Waals surface area contributed by atoms with E-state index in [2.05, 4.69) is 5.10 Å². The van der Waals surface area contributed by atoms with Crippen LogP contribution in [0.15, 0.2) is 30.5 Å². The molecule has 0 bridgehead atoms. The highest BCUT2D eigenvalue weighted by Crippen LogP contribution is 2.43. The molecule has 0 aliphatic heterocycles. The molecule has 4 nitrogen and oxygen atoms in total. The number of halogens is 1. The van der Waals surface area contributed by atoms with Gasteiger partial charge in [-0.15, -0.1) is 0 Å². The largest absolute Gasteiger partial charge is 0.462 e. The summed E-state index contributed by atoms with van der Waals surface area (Å²) < 4.78 is 6.87. The first-order valence-corrected chi connectivity index (χ1v) is 7.10. The van der Waals surface area contributed by atoms with E-state index in [0.29, 0.717) is 23.1 Å². The molecule has 0 radical (unpaired) electrons. The molecule has 1 saturated carbocycles. The quantitative estimate of drug-likeness (QED) is 0.809. The van der Waals surface area contributed by atoms with Crippen molar-refractivity contribution in [3.63, 3.8) is 0 Å². The van der Waals surface area contributed by atoms with Crippen molar-refractivity contribution in [1.82, 2.24) is 9.78 Å². The summed E-state index contributed by atoms with van der Waals surface area (Å²) in [6.07, 6.45) is 3.72. The first-order valence-electron chi connectivity index (χ1n) is 6.72. The Morgan fingerprint density at radius 1 is 1.45 bits per heavy atom. The Morgan fingerprint density at radius 2 is 2.20 bits per heavy atom. The van der Waals surface area contributed by atoms with Crippen LogP contribution in [0.3, 0.4) is 0 Å². The highest BCUT2D eigenvalue weighted by Gasteiger charge is 2.33. The molecule has 1 fully saturated rings. The van der Waals surface area contributed by atoms with Crippen molar-refractivity contribution in [2.45, 2.75) is 25.7 Å². The summed E-state index contributed by atoms with van der Waals surface area (Å²) in [7, 11) is 0. The topological polar surface area (TPSA) is 44.1 Å². The molecule has 5 heteroatoms. The molecule has 0 unspecified atom stereocenters. The molecule has 0 atom stereocenters. The third-order valence-electron chi connectivity index (χ3n) is 3.35. The molecule has 3 rings (SSSR count). The molecular weight excluding hydrogens is 276 g/mol. The van der Waals surface area contributed by atoms with Crippen LogP contribution in [-0.2, 0) is 4.74 Å². The zero-order valence-corrected chi connectivity index (χ0v) is 11.9. The lowest BCUT2D eigenvalue weighted by atomic mass is 10.1. The fourth-order valence-electron chi connectivity index (χ4n) is 2.29. The van der Waals surface area contributed by atoms with Gasteiger partial charge in [0, 0.05) is 5.92 Å². The van der Waals surface area contributed by atoms with Gasteiger partial charge in [0.1, 0.15) is 5.56 Å². The van der Waals surface area contributed by atoms with Gasteiger partial charge in [0.2, 0.25) is 0 Å². The Balaban J connectivity index is 2.08. The van der Waals surface area contributed by atoms with Crippen LogP contribution in [-0.4, -0.2) is 22.4 Å². The SMILES string of the molecule is CCOC(=O)c1cnn(-c2ccccc2Cl)c1C1CC1. The maximum atomic E-state index is 12.0. The van der Waals surface area contributed by atoms with E-state index in [1.807, 2.05) is 24.3 Å². The molecule has 1 aliphatic carbocycles. The van der Waals surface area contributed by atoms with E-state index in [-0.39, 0.29) is 5.97 Å². The van der Waals surface area contributed by atoms with Crippen LogP contribution in [0.4, 0.5) is 0 Å². The van der Waals surface area contributed by atoms with Crippen LogP contribution in [0, 0.1) is 0 Å². The Kier molecular flexibility index (Phi) is 3.49. The van der Waals surface area contributed by atoms with Crippen LogP contribution in [0.2, 0.25) is 5.02 Å². The zero-order valence-electron chi connectivity index (χ0n) is 11.2. The minimum absolute atomic E-state index is 0.312. The average Bonchev–Trinajstić information content (AvgIpc) is 3.18. The van der Waals surface area contributed by atoms with Gasteiger partial charge in [0.25, 0.3) is 0 Å². The number of aromatic nitrogens is 2. The van der Waals surface area contributed by atoms with Crippen molar-refractivity contribution in [3.05, 3.63) is 46.7 Å². The molecule has 1 aromatic carbocycles. The first kappa shape index (κ1) is 13.2. The minimum Gasteiger partial charge on any atom is -0.462 e. The molecule has 1 aromatic heterocycles. The lowest BCUT2D eigenvalue weighted by Gasteiger charge is -2.10. The van der Waals surface area contributed by atoms with Gasteiger partial charge < -0.3 is 4.74 Å². The van der Waals surface area contributed by atoms with Crippen molar-refractivity contribution in [2.24, 2.45) is 0 Å². The maximum absolute atomic E-state index is 12.0. The normalized spacial score (nSPS) is 14.3. The van der Waals surface area contributed by atoms with Crippen LogP contribution in [0.25, 0.3) is 5.69 Å². The molecule has 2 aromatic rings. The second kappa shape index (κ2) is 5.29. The molecule has 0 spiro atoms. The summed E-state index contributed by atoms with van der Waals surface area (Å²) in [6.45, 7) is 2.16. The number of carbonyl (C=O) groups excluding carboxylic acids is 1. The fourth-order valence-corrected chi connectivity index (χ4v) is 2.50. The summed E-state index contributed by atoms with van der Waals surface area (Å²) in [5.74, 6) is 0.0564. The van der Waals surface area contributed by atoms with Gasteiger partial charge >= 0.3 is 5.97 Å². The van der Waals surface area contributed by atoms with Gasteiger partial charge in [-0.25, -0.2) is 9.48 Å². The van der Waals surface area contributed by atoms with E-state index in [1.54, 1.807) is 17.8 Å². The van der Waals surface area contributed by atoms with E-state index in [4.69, 9.17) is 16.3 Å². The molecule has 0 N–H and O–H groups in total. The number of nitrogens with zero attached hydrogens (tertiary/aromatic N) is 2. The zero-order chi connectivity index (χ0) is 14.1. The maximum Gasteiger partial charge on any atom is 0.341 e. The molecule has 0 amide bonds. The van der Waals surface area contributed by atoms with Crippen LogP contribution in [0.1, 0.15) is 41.7 Å². The fraction of sp³-hybridized carbons (Fsp3) is 0.333. The van der Waals surface area contributed by atoms with Crippen molar-refractivity contribution in [1.29, 1.82) is 0 Å². The van der Waals surface area contributed by atoms with Gasteiger partial charge in [-0.3, -0.25) is 0 Å². The lowest BCUT2D eigenvalue weighted by molar-refractivity contribution is 0.0525. The molecule has 1 heterocycles. The third-order valence-corrected chi connectivity index (χ3v) is 3.67. The summed E-state index contributed by atoms with van der Waals surface area (Å²) in [4.78, 5) is 12.0. The number of rotatable bonds is 4. The Labute approximate surface area is 122 Å². The minimum atomic E-state index is -0.312. The van der Waals surface area contributed by atoms with E-state index < -0.39 is 0 Å². The second-order valence-electron chi connectivity index (χ2n) is 4.80. The van der Waals surface area contributed by atoms with Gasteiger partial charge in [0.15, 0.2) is 0 Å². The number of hydrogen-bond donors (Lipinski definition) is 0. The monoisotopic (exact) mass is 290 g/mol. The summed E-state index contributed by atoms with van der Waals surface area (Å²) in [5, 5.41) is 4.96. The Morgan fingerprint density at radius 3 is 2.85 bits per heavy atom. The van der Waals surface area contributed by atoms with Crippen molar-refractivity contribution < 1.29 is 9.53 Å². The smallest absolute Gasteiger partial charge is 0.341 e. The van der Waals surface area contributed by atoms with Gasteiger partial charge in [0.05, 0.1) is 29.2 Å². The molecule has 0 saturated heterocycles. The summed E-state index contributed by atoms with van der Waals surface area (Å²) in [5.41, 5.74) is 2.26. The molecule has 104 valence electrons. The number of benzene rings is 1. The number of hydrogen-bond acceptors (Lipinski definition) is 3. The predicted molar refractivity (Wildman–Crippen MR) is 76.5 cm³/mol. The standard InChI is InChI=1S/C15H15ClN2O2/c1-2-20-15(19)11-9-17-18(14(11)10-7-8-10)13-6-4-3-5-12(13)16/h3-6,9-10H,2,7-8H2,1H3. The number of ether oxygens (including phenoxy) is 1. The van der Waals surface area contributed by atoms with Crippen molar-refractivity contribution in [3.8, 4) is 5.69 Å². The highest BCUT2D eigenvalue weighted by molar-refractivity contribution is 6.32. The molecule has 20 heavy (non-hydrogen) atoms. The van der Waals surface area contributed by atoms with Crippen LogP contribution < -0.4 is 0 Å². The Bertz CT molecular complexity index is 647. The second-order valence-corrected chi connectivity index (χ2v) is 5.21. The average molecular weight is 291 g/mol. The highest BCUT2D eigenvalue weighted by atomic mass is 35.5. The number of para-hydroxylation sites is 1. The van der Waals surface area contributed by atoms with Gasteiger partial charge in [-0.1, -0.05) is 23.7 Å². The van der Waals surface area contributed by atoms with Crippen molar-refractivity contribution in [2.75, 3.05) is 6.61 Å². The van der Waals surface area contributed by atoms with Gasteiger partial charge in [-0.2, -0.15) is 5.10 Å². The van der Waals surface area contributed by atoms with Crippen molar-refractivity contribution >= 4 is 17.6 Å². The number of esters is 1.